The van der Waals surface area contributed by atoms with Crippen molar-refractivity contribution >= 4 is 35.3 Å². The summed E-state index contributed by atoms with van der Waals surface area (Å²) in [4.78, 5) is 104. The molecule has 0 spiro atoms. The fraction of sp³-hybridized carbons (Fsp3) is 0.682. The van der Waals surface area contributed by atoms with Crippen LogP contribution in [0, 0.1) is 0 Å². The molecule has 6 aromatic rings. The molecular weight excluding hydrogens is 1780 g/mol. The molecule has 144 heavy (non-hydrogen) atoms. The molecule has 1 fully saturated rings. The number of ketones is 3. The van der Waals surface area contributed by atoms with Crippen molar-refractivity contribution in [3.63, 3.8) is 0 Å². The Morgan fingerprint density at radius 1 is 0.181 bits per heavy atom. The number of benzene rings is 6. The summed E-state index contributed by atoms with van der Waals surface area (Å²) in [6.07, 6.45) is 80.1. The molecular formula is C132H204O12. The molecule has 0 unspecified atom stereocenters. The van der Waals surface area contributed by atoms with E-state index in [4.69, 9.17) is 14.2 Å². The fourth-order valence-corrected chi connectivity index (χ4v) is 22.0. The van der Waals surface area contributed by atoms with Crippen LogP contribution < -0.4 is 0 Å². The van der Waals surface area contributed by atoms with Crippen LogP contribution in [0.1, 0.15) is 599 Å². The maximum absolute atomic E-state index is 18.4. The largest absolute Gasteiger partial charge is 0.439 e. The van der Waals surface area contributed by atoms with Gasteiger partial charge in [0.15, 0.2) is 0 Å². The lowest BCUT2D eigenvalue weighted by Gasteiger charge is -2.60. The number of hydrogen-bond donors (Lipinski definition) is 3. The first kappa shape index (κ1) is 124. The average molecular weight is 1980 g/mol. The summed E-state index contributed by atoms with van der Waals surface area (Å²) < 4.78 is 21.5. The van der Waals surface area contributed by atoms with Crippen LogP contribution in [0.4, 0.5) is 0 Å². The molecule has 7 rings (SSSR count). The molecule has 0 saturated heterocycles. The van der Waals surface area contributed by atoms with Gasteiger partial charge in [-0.1, -0.05) is 575 Å². The van der Waals surface area contributed by atoms with E-state index in [1.807, 2.05) is 0 Å². The summed E-state index contributed by atoms with van der Waals surface area (Å²) in [5.41, 5.74) is -7.89. The molecule has 0 bridgehead atoms. The molecule has 0 aliphatic heterocycles. The Hall–Kier alpha value is -7.38. The molecule has 804 valence electrons. The molecule has 6 aromatic carbocycles. The normalized spacial score (nSPS) is 16.8. The Morgan fingerprint density at radius 2 is 0.312 bits per heavy atom. The highest BCUT2D eigenvalue weighted by molar-refractivity contribution is 6.21. The molecule has 6 atom stereocenters. The monoisotopic (exact) mass is 1980 g/mol. The van der Waals surface area contributed by atoms with Crippen molar-refractivity contribution in [1.82, 2.24) is 0 Å². The van der Waals surface area contributed by atoms with Crippen LogP contribution in [-0.2, 0) is 52.7 Å². The van der Waals surface area contributed by atoms with Crippen LogP contribution in [0.5, 0.6) is 0 Å². The minimum absolute atomic E-state index is 0.161. The highest BCUT2D eigenvalue weighted by Gasteiger charge is 2.88. The zero-order valence-electron chi connectivity index (χ0n) is 92.3. The fourth-order valence-electron chi connectivity index (χ4n) is 22.0. The van der Waals surface area contributed by atoms with E-state index in [-0.39, 0.29) is 33.4 Å². The second-order valence-corrected chi connectivity index (χ2v) is 43.7. The Labute approximate surface area is 877 Å². The summed E-state index contributed by atoms with van der Waals surface area (Å²) in [7, 11) is 0. The molecule has 0 aromatic heterocycles. The van der Waals surface area contributed by atoms with Crippen LogP contribution in [0.2, 0.25) is 0 Å². The predicted octanol–water partition coefficient (Wildman–Crippen LogP) is 37.0. The second kappa shape index (κ2) is 77.0. The number of hydrogen-bond acceptors (Lipinski definition) is 12. The second-order valence-electron chi connectivity index (χ2n) is 43.7. The standard InChI is InChI=1S/C132H204O12/c1-7-13-19-25-31-37-43-49-55-61-67-73-79-109-85-97-115(98-86-109)122(134)130(142-127(139)118-103-91-112(92-104-118)82-76-70-64-58-52-46-40-34-28-22-16-10-4)125(137)121(133)126(138)131(123(135)116-99-87-110(88-100-116)80-74-68-62-56-50-44-38-32-26-20-14-8-2,143-128(140)119-105-93-113(94-106-119)83-77-71-65-59-53-47-41-35-29-23-17-11-5)132(130,124(136)117-101-89-111(90-102-117)81-75-69-63-57-51-45-39-33-27-21-15-9-3)144-129(141)120-107-95-114(96-108-120)84-78-72-66-60-54-48-42-36-30-24-18-12-6/h85-108,121,125-126,133,137-138H,7-84H2,1-6H3/t121-,125-,126+,130+,131-,132-. The minimum Gasteiger partial charge on any atom is -0.439 e. The molecule has 1 saturated carbocycles. The Balaban J connectivity index is 1.42. The number of esters is 3. The summed E-state index contributed by atoms with van der Waals surface area (Å²) in [6.45, 7) is 13.5. The molecule has 0 amide bonds. The van der Waals surface area contributed by atoms with Crippen molar-refractivity contribution in [3.05, 3.63) is 212 Å². The number of aliphatic hydroxyl groups excluding tert-OH is 3. The van der Waals surface area contributed by atoms with Crippen molar-refractivity contribution in [3.8, 4) is 0 Å². The van der Waals surface area contributed by atoms with Crippen LogP contribution >= 0.6 is 0 Å². The van der Waals surface area contributed by atoms with Crippen LogP contribution in [0.15, 0.2) is 146 Å². The average Bonchev–Trinajstić information content (AvgIpc) is 0.656. The van der Waals surface area contributed by atoms with E-state index in [9.17, 15) is 15.3 Å². The molecule has 1 aliphatic carbocycles. The maximum atomic E-state index is 18.4. The van der Waals surface area contributed by atoms with Crippen molar-refractivity contribution < 1.29 is 58.3 Å². The van der Waals surface area contributed by atoms with Gasteiger partial charge in [-0.15, -0.1) is 0 Å². The van der Waals surface area contributed by atoms with E-state index in [1.54, 1.807) is 109 Å². The first-order valence-electron chi connectivity index (χ1n) is 60.5. The number of unbranched alkanes of at least 4 members (excludes halogenated alkanes) is 66. The predicted molar refractivity (Wildman–Crippen MR) is 603 cm³/mol. The van der Waals surface area contributed by atoms with Gasteiger partial charge in [0.2, 0.25) is 17.3 Å². The Bertz CT molecular complexity index is 4090. The van der Waals surface area contributed by atoms with E-state index in [0.29, 0.717) is 38.5 Å². The molecule has 12 heteroatoms. The SMILES string of the molecule is CCCCCCCCCCCCCCc1ccc(C(=O)O[C@@]2(C(=O)c3ccc(CCCCCCCCCCCCCC)cc3)[C@@](OC(=O)c3ccc(CCCCCCCCCCCCCC)cc3)(C(=O)c3ccc(CCCCCCCCCCCCCC)cc3)[C@@H](O)[C@H](O)[C@@H](O)[C@@]2(OC(=O)c2ccc(CCCCCCCCCCCCCC)cc2)C(=O)c2ccc(CCCCCCCCCCCCCC)cc2)cc1. The first-order chi connectivity index (χ1) is 70.6. The number of carbonyl (C=O) groups excluding carboxylic acids is 6. The molecule has 1 aliphatic rings. The van der Waals surface area contributed by atoms with E-state index in [1.165, 1.54) is 345 Å². The highest BCUT2D eigenvalue weighted by Crippen LogP contribution is 2.57. The molecule has 3 N–H and O–H groups in total. The number of ether oxygens (including phenoxy) is 3. The number of Topliss-reactive ketones (excluding diaryl/α,β-unsaturated/α-hetero) is 3. The molecule has 0 heterocycles. The zero-order chi connectivity index (χ0) is 103. The summed E-state index contributed by atoms with van der Waals surface area (Å²) in [6, 6.07) is 39.6. The van der Waals surface area contributed by atoms with Gasteiger partial charge in [0.25, 0.3) is 16.8 Å². The van der Waals surface area contributed by atoms with Gasteiger partial charge in [-0.2, -0.15) is 0 Å². The van der Waals surface area contributed by atoms with Gasteiger partial charge >= 0.3 is 17.9 Å². The van der Waals surface area contributed by atoms with Crippen molar-refractivity contribution in [2.45, 2.75) is 577 Å². The first-order valence-corrected chi connectivity index (χ1v) is 60.5. The lowest BCUT2D eigenvalue weighted by atomic mass is 9.52. The van der Waals surface area contributed by atoms with Gasteiger partial charge in [0.05, 0.1) is 16.7 Å². The summed E-state index contributed by atoms with van der Waals surface area (Å²) >= 11 is 0. The smallest absolute Gasteiger partial charge is 0.339 e. The lowest BCUT2D eigenvalue weighted by molar-refractivity contribution is -0.293. The third-order valence-electron chi connectivity index (χ3n) is 31.4. The van der Waals surface area contributed by atoms with Crippen LogP contribution in [0.25, 0.3) is 0 Å². The maximum Gasteiger partial charge on any atom is 0.339 e. The quantitative estimate of drug-likeness (QED) is 0.0142. The summed E-state index contributed by atoms with van der Waals surface area (Å²) in [5, 5.41) is 42.2. The highest BCUT2D eigenvalue weighted by atomic mass is 16.7. The number of aryl methyl sites for hydroxylation is 6. The molecule has 12 nitrogen and oxygen atoms in total. The molecule has 0 radical (unpaired) electrons. The lowest BCUT2D eigenvalue weighted by Crippen LogP contribution is -2.91. The van der Waals surface area contributed by atoms with E-state index < -0.39 is 70.4 Å². The third kappa shape index (κ3) is 44.8. The van der Waals surface area contributed by atoms with Gasteiger partial charge in [-0.3, -0.25) is 14.4 Å². The number of carbonyl (C=O) groups is 6. The van der Waals surface area contributed by atoms with Crippen LogP contribution in [0.3, 0.4) is 0 Å². The van der Waals surface area contributed by atoms with Crippen LogP contribution in [-0.4, -0.2) is 85.7 Å². The summed E-state index contributed by atoms with van der Waals surface area (Å²) in [5.74, 6) is -8.21. The van der Waals surface area contributed by atoms with E-state index in [2.05, 4.69) is 41.5 Å². The zero-order valence-corrected chi connectivity index (χ0v) is 92.3. The topological polar surface area (TPSA) is 191 Å². The van der Waals surface area contributed by atoms with Gasteiger partial charge in [-0.25, -0.2) is 14.4 Å². The Kier molecular flexibility index (Phi) is 66.1. The number of aliphatic hydroxyl groups is 3. The van der Waals surface area contributed by atoms with Gasteiger partial charge in [-0.05, 0) is 147 Å². The van der Waals surface area contributed by atoms with Crippen molar-refractivity contribution in [1.29, 1.82) is 0 Å². The third-order valence-corrected chi connectivity index (χ3v) is 31.4. The van der Waals surface area contributed by atoms with Gasteiger partial charge < -0.3 is 29.5 Å². The number of rotatable bonds is 90. The van der Waals surface area contributed by atoms with E-state index >= 15 is 28.8 Å². The van der Waals surface area contributed by atoms with Crippen molar-refractivity contribution in [2.75, 3.05) is 0 Å². The van der Waals surface area contributed by atoms with Gasteiger partial charge in [0, 0.05) is 16.7 Å². The van der Waals surface area contributed by atoms with E-state index in [0.717, 1.165) is 187 Å². The van der Waals surface area contributed by atoms with Gasteiger partial charge in [0.1, 0.15) is 18.3 Å². The Morgan fingerprint density at radius 3 is 0.472 bits per heavy atom. The van der Waals surface area contributed by atoms with Crippen molar-refractivity contribution in [2.24, 2.45) is 0 Å². The minimum atomic E-state index is -4.04.